The topological polar surface area (TPSA) is 90.4 Å². The Labute approximate surface area is 85.4 Å². The number of carbonyl (C=O) groups excluding carboxylic acids is 1. The fraction of sp³-hybridized carbons (Fsp3) is 0.500. The molecule has 15 heavy (non-hydrogen) atoms. The molecule has 0 fully saturated rings. The minimum atomic E-state index is -0.915. The fourth-order valence-corrected chi connectivity index (χ4v) is 1.05. The number of ether oxygens (including phenoxy) is 1. The van der Waals surface area contributed by atoms with Crippen molar-refractivity contribution in [3.8, 4) is 0 Å². The number of carbonyl (C=O) groups is 1. The number of aliphatic hydroxyl groups excluding tert-OH is 1. The number of rotatable bonds is 4. The molecule has 0 amide bonds. The van der Waals surface area contributed by atoms with E-state index >= 15 is 0 Å². The third kappa shape index (κ3) is 2.24. The van der Waals surface area contributed by atoms with Crippen molar-refractivity contribution in [3.05, 3.63) is 11.5 Å². The van der Waals surface area contributed by atoms with Crippen molar-refractivity contribution in [3.63, 3.8) is 0 Å². The average Bonchev–Trinajstić information content (AvgIpc) is 2.47. The van der Waals surface area contributed by atoms with Gasteiger partial charge in [0.05, 0.1) is 19.8 Å². The number of hydrogen-bond donors (Lipinski definition) is 2. The molecule has 1 aromatic rings. The SMILES string of the molecule is CCOC(=O)c1nn(CCO)c(N)c1F. The highest BCUT2D eigenvalue weighted by Gasteiger charge is 2.22. The molecular formula is C8H12FN3O3. The Morgan fingerprint density at radius 3 is 2.93 bits per heavy atom. The first kappa shape index (κ1) is 11.4. The molecule has 84 valence electrons. The van der Waals surface area contributed by atoms with Crippen LogP contribution >= 0.6 is 0 Å². The summed E-state index contributed by atoms with van der Waals surface area (Å²) in [5, 5.41) is 12.2. The molecule has 1 aromatic heterocycles. The number of esters is 1. The Morgan fingerprint density at radius 2 is 2.40 bits per heavy atom. The van der Waals surface area contributed by atoms with E-state index in [1.807, 2.05) is 0 Å². The number of nitrogen functional groups attached to an aromatic ring is 1. The Morgan fingerprint density at radius 1 is 1.73 bits per heavy atom. The summed E-state index contributed by atoms with van der Waals surface area (Å²) in [7, 11) is 0. The summed E-state index contributed by atoms with van der Waals surface area (Å²) in [6.45, 7) is 1.52. The minimum absolute atomic E-state index is 0.0299. The van der Waals surface area contributed by atoms with Crippen LogP contribution in [-0.2, 0) is 11.3 Å². The van der Waals surface area contributed by atoms with Crippen LogP contribution in [0.25, 0.3) is 0 Å². The highest BCUT2D eigenvalue weighted by atomic mass is 19.1. The molecule has 0 radical (unpaired) electrons. The van der Waals surface area contributed by atoms with Gasteiger partial charge < -0.3 is 15.6 Å². The molecule has 0 saturated heterocycles. The van der Waals surface area contributed by atoms with Crippen molar-refractivity contribution < 1.29 is 19.0 Å². The Bertz CT molecular complexity index is 364. The van der Waals surface area contributed by atoms with Gasteiger partial charge in [-0.15, -0.1) is 0 Å². The van der Waals surface area contributed by atoms with Crippen LogP contribution in [0.2, 0.25) is 0 Å². The Balaban J connectivity index is 2.99. The zero-order chi connectivity index (χ0) is 11.4. The lowest BCUT2D eigenvalue weighted by atomic mass is 10.4. The summed E-state index contributed by atoms with van der Waals surface area (Å²) in [5.74, 6) is -2.06. The second kappa shape index (κ2) is 4.74. The van der Waals surface area contributed by atoms with Crippen molar-refractivity contribution in [2.75, 3.05) is 18.9 Å². The summed E-state index contributed by atoms with van der Waals surface area (Å²) in [5.41, 5.74) is 4.87. The van der Waals surface area contributed by atoms with E-state index in [0.29, 0.717) is 0 Å². The molecule has 0 aliphatic rings. The van der Waals surface area contributed by atoms with Gasteiger partial charge >= 0.3 is 5.97 Å². The lowest BCUT2D eigenvalue weighted by molar-refractivity contribution is 0.0513. The number of halogens is 1. The van der Waals surface area contributed by atoms with Gasteiger partial charge in [-0.25, -0.2) is 13.9 Å². The van der Waals surface area contributed by atoms with Gasteiger partial charge in [-0.1, -0.05) is 0 Å². The maximum atomic E-state index is 13.3. The lowest BCUT2D eigenvalue weighted by Gasteiger charge is -1.98. The van der Waals surface area contributed by atoms with Gasteiger partial charge in [0, 0.05) is 0 Å². The second-order valence-electron chi connectivity index (χ2n) is 2.72. The molecule has 6 nitrogen and oxygen atoms in total. The van der Waals surface area contributed by atoms with Crippen LogP contribution < -0.4 is 5.73 Å². The fourth-order valence-electron chi connectivity index (χ4n) is 1.05. The number of aliphatic hydroxyl groups is 1. The lowest BCUT2D eigenvalue weighted by Crippen LogP contribution is -2.10. The van der Waals surface area contributed by atoms with Gasteiger partial charge in [0.25, 0.3) is 0 Å². The average molecular weight is 217 g/mol. The van der Waals surface area contributed by atoms with Crippen LogP contribution in [0, 0.1) is 5.82 Å². The third-order valence-electron chi connectivity index (χ3n) is 1.71. The summed E-state index contributed by atoms with van der Waals surface area (Å²) >= 11 is 0. The number of hydrogen-bond acceptors (Lipinski definition) is 5. The highest BCUT2D eigenvalue weighted by Crippen LogP contribution is 2.15. The first-order chi connectivity index (χ1) is 7.11. The summed E-state index contributed by atoms with van der Waals surface area (Å²) in [4.78, 5) is 11.2. The van der Waals surface area contributed by atoms with Gasteiger partial charge in [-0.05, 0) is 6.92 Å². The van der Waals surface area contributed by atoms with Crippen molar-refractivity contribution in [2.45, 2.75) is 13.5 Å². The van der Waals surface area contributed by atoms with Crippen molar-refractivity contribution in [1.29, 1.82) is 0 Å². The van der Waals surface area contributed by atoms with Crippen LogP contribution in [-0.4, -0.2) is 34.1 Å². The van der Waals surface area contributed by atoms with E-state index < -0.39 is 17.5 Å². The molecule has 0 aliphatic heterocycles. The van der Waals surface area contributed by atoms with Crippen molar-refractivity contribution in [2.24, 2.45) is 0 Å². The van der Waals surface area contributed by atoms with E-state index in [1.54, 1.807) is 6.92 Å². The van der Waals surface area contributed by atoms with Crippen molar-refractivity contribution in [1.82, 2.24) is 9.78 Å². The van der Waals surface area contributed by atoms with Gasteiger partial charge in [0.15, 0.2) is 11.6 Å². The van der Waals surface area contributed by atoms with Gasteiger partial charge in [0.2, 0.25) is 5.69 Å². The van der Waals surface area contributed by atoms with Crippen LogP contribution in [0.1, 0.15) is 17.4 Å². The zero-order valence-corrected chi connectivity index (χ0v) is 8.23. The number of anilines is 1. The molecule has 0 atom stereocenters. The van der Waals surface area contributed by atoms with Gasteiger partial charge in [-0.3, -0.25) is 0 Å². The standard InChI is InChI=1S/C8H12FN3O3/c1-2-15-8(14)6-5(9)7(10)12(11-6)3-4-13/h13H,2-4,10H2,1H3. The largest absolute Gasteiger partial charge is 0.461 e. The molecule has 0 unspecified atom stereocenters. The van der Waals surface area contributed by atoms with Gasteiger partial charge in [0.1, 0.15) is 0 Å². The quantitative estimate of drug-likeness (QED) is 0.680. The summed E-state index contributed by atoms with van der Waals surface area (Å²) in [6.07, 6.45) is 0. The van der Waals surface area contributed by atoms with Gasteiger partial charge in [-0.2, -0.15) is 5.10 Å². The van der Waals surface area contributed by atoms with Crippen LogP contribution in [0.4, 0.5) is 10.2 Å². The predicted molar refractivity (Wildman–Crippen MR) is 49.6 cm³/mol. The molecule has 0 bridgehead atoms. The summed E-state index contributed by atoms with van der Waals surface area (Å²) in [6, 6.07) is 0. The maximum Gasteiger partial charge on any atom is 0.362 e. The van der Waals surface area contributed by atoms with Crippen LogP contribution in [0.3, 0.4) is 0 Å². The predicted octanol–water partition coefficient (Wildman–Crippen LogP) is -0.227. The molecule has 0 spiro atoms. The van der Waals surface area contributed by atoms with E-state index in [1.165, 1.54) is 0 Å². The smallest absolute Gasteiger partial charge is 0.362 e. The molecule has 0 saturated carbocycles. The maximum absolute atomic E-state index is 13.3. The normalized spacial score (nSPS) is 10.3. The van der Waals surface area contributed by atoms with Crippen LogP contribution in [0.5, 0.6) is 0 Å². The van der Waals surface area contributed by atoms with E-state index in [2.05, 4.69) is 9.84 Å². The first-order valence-corrected chi connectivity index (χ1v) is 4.41. The van der Waals surface area contributed by atoms with E-state index in [4.69, 9.17) is 10.8 Å². The molecule has 7 heteroatoms. The number of aromatic nitrogens is 2. The third-order valence-corrected chi connectivity index (χ3v) is 1.71. The van der Waals surface area contributed by atoms with Crippen molar-refractivity contribution >= 4 is 11.8 Å². The van der Waals surface area contributed by atoms with Crippen LogP contribution in [0.15, 0.2) is 0 Å². The zero-order valence-electron chi connectivity index (χ0n) is 8.23. The molecule has 0 aromatic carbocycles. The molecule has 3 N–H and O–H groups in total. The van der Waals surface area contributed by atoms with E-state index in [-0.39, 0.29) is 25.6 Å². The first-order valence-electron chi connectivity index (χ1n) is 4.41. The Kier molecular flexibility index (Phi) is 3.62. The second-order valence-corrected chi connectivity index (χ2v) is 2.72. The van der Waals surface area contributed by atoms with E-state index in [0.717, 1.165) is 4.68 Å². The number of nitrogens with zero attached hydrogens (tertiary/aromatic N) is 2. The van der Waals surface area contributed by atoms with E-state index in [9.17, 15) is 9.18 Å². The summed E-state index contributed by atoms with van der Waals surface area (Å²) < 4.78 is 18.9. The number of nitrogens with two attached hydrogens (primary N) is 1. The Hall–Kier alpha value is -1.63. The highest BCUT2D eigenvalue weighted by molar-refractivity contribution is 5.88. The monoisotopic (exact) mass is 217 g/mol. The molecule has 1 heterocycles. The molecule has 1 rings (SSSR count). The minimum Gasteiger partial charge on any atom is -0.461 e. The molecule has 0 aliphatic carbocycles. The molecular weight excluding hydrogens is 205 g/mol.